The standard InChI is InChI=1S/C9H16NO2/c1-7(2)5-12-6-8-3-4-9(11)10-8/h7-8H,3-6H2,1-2H3. The summed E-state index contributed by atoms with van der Waals surface area (Å²) in [5.74, 6) is 0.593. The van der Waals surface area contributed by atoms with Gasteiger partial charge in [0, 0.05) is 13.0 Å². The highest BCUT2D eigenvalue weighted by Gasteiger charge is 2.22. The maximum absolute atomic E-state index is 10.7. The van der Waals surface area contributed by atoms with E-state index in [2.05, 4.69) is 19.2 Å². The largest absolute Gasteiger partial charge is 0.379 e. The van der Waals surface area contributed by atoms with E-state index in [1.54, 1.807) is 0 Å². The first-order valence-corrected chi connectivity index (χ1v) is 4.50. The van der Waals surface area contributed by atoms with Gasteiger partial charge in [0.25, 0.3) is 0 Å². The molecule has 1 aliphatic rings. The van der Waals surface area contributed by atoms with Crippen LogP contribution in [0.1, 0.15) is 26.7 Å². The highest BCUT2D eigenvalue weighted by molar-refractivity contribution is 5.78. The van der Waals surface area contributed by atoms with Crippen LogP contribution in [0.4, 0.5) is 0 Å². The molecule has 1 aliphatic heterocycles. The summed E-state index contributed by atoms with van der Waals surface area (Å²) in [5, 5.41) is 3.92. The molecular formula is C9H16NO2. The Labute approximate surface area is 73.5 Å². The lowest BCUT2D eigenvalue weighted by Gasteiger charge is -2.10. The Bertz CT molecular complexity index is 157. The van der Waals surface area contributed by atoms with Crippen molar-refractivity contribution in [3.8, 4) is 0 Å². The van der Waals surface area contributed by atoms with Gasteiger partial charge in [-0.2, -0.15) is 0 Å². The van der Waals surface area contributed by atoms with E-state index in [0.29, 0.717) is 18.9 Å². The van der Waals surface area contributed by atoms with E-state index < -0.39 is 0 Å². The summed E-state index contributed by atoms with van der Waals surface area (Å²) in [6, 6.07) is 0.135. The predicted molar refractivity (Wildman–Crippen MR) is 45.8 cm³/mol. The summed E-state index contributed by atoms with van der Waals surface area (Å²) < 4.78 is 5.38. The second kappa shape index (κ2) is 4.45. The summed E-state index contributed by atoms with van der Waals surface area (Å²) >= 11 is 0. The van der Waals surface area contributed by atoms with Gasteiger partial charge in [0.1, 0.15) is 0 Å². The molecule has 1 rings (SSSR count). The molecule has 0 saturated carbocycles. The van der Waals surface area contributed by atoms with Crippen molar-refractivity contribution in [1.29, 1.82) is 0 Å². The van der Waals surface area contributed by atoms with Crippen LogP contribution in [0.3, 0.4) is 0 Å². The molecule has 1 saturated heterocycles. The maximum Gasteiger partial charge on any atom is 0.241 e. The fraction of sp³-hybridized carbons (Fsp3) is 0.889. The van der Waals surface area contributed by atoms with Crippen LogP contribution in [0, 0.1) is 5.92 Å². The Morgan fingerprint density at radius 2 is 2.42 bits per heavy atom. The van der Waals surface area contributed by atoms with Gasteiger partial charge in [0.05, 0.1) is 12.6 Å². The van der Waals surface area contributed by atoms with Crippen LogP contribution >= 0.6 is 0 Å². The molecule has 0 spiro atoms. The van der Waals surface area contributed by atoms with Gasteiger partial charge >= 0.3 is 0 Å². The highest BCUT2D eigenvalue weighted by Crippen LogP contribution is 2.09. The van der Waals surface area contributed by atoms with Crippen molar-refractivity contribution >= 4 is 5.91 Å². The van der Waals surface area contributed by atoms with E-state index in [1.165, 1.54) is 0 Å². The number of hydrogen-bond acceptors (Lipinski definition) is 2. The van der Waals surface area contributed by atoms with E-state index in [0.717, 1.165) is 13.0 Å². The summed E-state index contributed by atoms with van der Waals surface area (Å²) in [6.45, 7) is 5.60. The van der Waals surface area contributed by atoms with Crippen LogP contribution < -0.4 is 5.32 Å². The zero-order valence-corrected chi connectivity index (χ0v) is 7.75. The number of carbonyl (C=O) groups is 1. The minimum absolute atomic E-state index is 0.0353. The Kier molecular flexibility index (Phi) is 3.53. The molecule has 0 N–H and O–H groups in total. The van der Waals surface area contributed by atoms with E-state index in [1.807, 2.05) is 0 Å². The first-order chi connectivity index (χ1) is 5.68. The Hall–Kier alpha value is -0.570. The van der Waals surface area contributed by atoms with Crippen LogP contribution in [0.15, 0.2) is 0 Å². The normalized spacial score (nSPS) is 23.2. The van der Waals surface area contributed by atoms with Gasteiger partial charge in [-0.1, -0.05) is 13.8 Å². The van der Waals surface area contributed by atoms with Crippen LogP contribution in [0.2, 0.25) is 0 Å². The summed E-state index contributed by atoms with van der Waals surface area (Å²) in [5.41, 5.74) is 0. The van der Waals surface area contributed by atoms with Gasteiger partial charge in [-0.3, -0.25) is 4.79 Å². The molecular weight excluding hydrogens is 154 g/mol. The average Bonchev–Trinajstić information content (AvgIpc) is 2.35. The van der Waals surface area contributed by atoms with E-state index >= 15 is 0 Å². The smallest absolute Gasteiger partial charge is 0.241 e. The monoisotopic (exact) mass is 170 g/mol. The highest BCUT2D eigenvalue weighted by atomic mass is 16.5. The predicted octanol–water partition coefficient (Wildman–Crippen LogP) is 0.952. The van der Waals surface area contributed by atoms with Crippen molar-refractivity contribution in [1.82, 2.24) is 5.32 Å². The molecule has 1 radical (unpaired) electrons. The number of rotatable bonds is 4. The van der Waals surface area contributed by atoms with Crippen LogP contribution in [-0.2, 0) is 9.53 Å². The van der Waals surface area contributed by atoms with Gasteiger partial charge < -0.3 is 4.74 Å². The maximum atomic E-state index is 10.7. The number of hydrogen-bond donors (Lipinski definition) is 0. The Morgan fingerprint density at radius 3 is 2.92 bits per heavy atom. The van der Waals surface area contributed by atoms with Crippen molar-refractivity contribution < 1.29 is 9.53 Å². The van der Waals surface area contributed by atoms with Crippen molar-refractivity contribution in [2.45, 2.75) is 32.7 Å². The molecule has 0 aromatic carbocycles. The third kappa shape index (κ3) is 3.22. The molecule has 69 valence electrons. The fourth-order valence-corrected chi connectivity index (χ4v) is 1.18. The van der Waals surface area contributed by atoms with E-state index in [9.17, 15) is 4.79 Å². The minimum Gasteiger partial charge on any atom is -0.379 e. The SMILES string of the molecule is CC(C)COCC1CCC(=O)[N]1. The zero-order chi connectivity index (χ0) is 8.97. The second-order valence-corrected chi connectivity index (χ2v) is 3.65. The molecule has 0 aromatic heterocycles. The molecule has 1 amide bonds. The fourth-order valence-electron chi connectivity index (χ4n) is 1.18. The van der Waals surface area contributed by atoms with Crippen molar-refractivity contribution in [2.75, 3.05) is 13.2 Å². The lowest BCUT2D eigenvalue weighted by molar-refractivity contribution is -0.119. The van der Waals surface area contributed by atoms with E-state index in [4.69, 9.17) is 4.74 Å². The summed E-state index contributed by atoms with van der Waals surface area (Å²) in [4.78, 5) is 10.7. The van der Waals surface area contributed by atoms with Crippen molar-refractivity contribution in [3.63, 3.8) is 0 Å². The molecule has 0 bridgehead atoms. The van der Waals surface area contributed by atoms with Crippen LogP contribution in [0.5, 0.6) is 0 Å². The zero-order valence-electron chi connectivity index (χ0n) is 7.75. The molecule has 0 aliphatic carbocycles. The van der Waals surface area contributed by atoms with Gasteiger partial charge in [-0.25, -0.2) is 5.32 Å². The van der Waals surface area contributed by atoms with Crippen LogP contribution in [0.25, 0.3) is 0 Å². The van der Waals surface area contributed by atoms with E-state index in [-0.39, 0.29) is 11.9 Å². The third-order valence-electron chi connectivity index (χ3n) is 1.78. The molecule has 1 heterocycles. The molecule has 1 atom stereocenters. The Morgan fingerprint density at radius 1 is 1.67 bits per heavy atom. The Balaban J connectivity index is 2.04. The van der Waals surface area contributed by atoms with Gasteiger partial charge in [0.2, 0.25) is 5.91 Å². The van der Waals surface area contributed by atoms with Crippen LogP contribution in [-0.4, -0.2) is 25.2 Å². The van der Waals surface area contributed by atoms with Crippen molar-refractivity contribution in [2.24, 2.45) is 5.92 Å². The topological polar surface area (TPSA) is 40.4 Å². The summed E-state index contributed by atoms with van der Waals surface area (Å²) in [6.07, 6.45) is 1.48. The minimum atomic E-state index is 0.0353. The van der Waals surface area contributed by atoms with Gasteiger partial charge in [-0.15, -0.1) is 0 Å². The molecule has 3 heteroatoms. The van der Waals surface area contributed by atoms with Gasteiger partial charge in [0.15, 0.2) is 0 Å². The lowest BCUT2D eigenvalue weighted by atomic mass is 10.2. The molecule has 3 nitrogen and oxygen atoms in total. The lowest BCUT2D eigenvalue weighted by Crippen LogP contribution is -2.24. The van der Waals surface area contributed by atoms with Crippen molar-refractivity contribution in [3.05, 3.63) is 0 Å². The third-order valence-corrected chi connectivity index (χ3v) is 1.78. The molecule has 1 unspecified atom stereocenters. The van der Waals surface area contributed by atoms with Gasteiger partial charge in [-0.05, 0) is 12.3 Å². The number of ether oxygens (including phenoxy) is 1. The summed E-state index contributed by atoms with van der Waals surface area (Å²) in [7, 11) is 0. The molecule has 1 fully saturated rings. The number of carbonyl (C=O) groups excluding carboxylic acids is 1. The first kappa shape index (κ1) is 9.52. The second-order valence-electron chi connectivity index (χ2n) is 3.65. The number of amides is 1. The average molecular weight is 170 g/mol. The molecule has 0 aromatic rings. The number of nitrogens with zero attached hydrogens (tertiary/aromatic N) is 1. The first-order valence-electron chi connectivity index (χ1n) is 4.50. The molecule has 12 heavy (non-hydrogen) atoms. The quantitative estimate of drug-likeness (QED) is 0.630.